The van der Waals surface area contributed by atoms with Crippen LogP contribution in [0.25, 0.3) is 0 Å². The summed E-state index contributed by atoms with van der Waals surface area (Å²) in [5.41, 5.74) is -1.69. The van der Waals surface area contributed by atoms with Crippen molar-refractivity contribution in [2.45, 2.75) is 45.3 Å². The lowest BCUT2D eigenvalue weighted by atomic mass is 10.00. The van der Waals surface area contributed by atoms with Crippen molar-refractivity contribution >= 4 is 12.4 Å². The van der Waals surface area contributed by atoms with Crippen LogP contribution >= 0.6 is 0 Å². The molecule has 0 aromatic rings. The Bertz CT molecular complexity index is 274. The number of ether oxygens (including phenoxy) is 3. The quantitative estimate of drug-likeness (QED) is 0.427. The molecule has 0 saturated heterocycles. The highest BCUT2D eigenvalue weighted by Gasteiger charge is 2.32. The molecule has 0 aromatic heterocycles. The Hall–Kier alpha value is -1.14. The van der Waals surface area contributed by atoms with E-state index in [1.165, 1.54) is 7.11 Å². The smallest absolute Gasteiger partial charge is 0.408 e. The number of carbonyl (C=O) groups is 2. The van der Waals surface area contributed by atoms with Crippen molar-refractivity contribution in [3.8, 4) is 0 Å². The van der Waals surface area contributed by atoms with E-state index < -0.39 is 17.2 Å². The number of nitrogens with one attached hydrogen (secondary N) is 1. The Morgan fingerprint density at radius 2 is 1.94 bits per heavy atom. The van der Waals surface area contributed by atoms with Crippen molar-refractivity contribution in [2.24, 2.45) is 0 Å². The molecular formula is C12H23NO5. The monoisotopic (exact) mass is 261 g/mol. The third-order valence-corrected chi connectivity index (χ3v) is 2.17. The molecular weight excluding hydrogens is 238 g/mol. The zero-order chi connectivity index (χ0) is 14.2. The minimum Gasteiger partial charge on any atom is -0.444 e. The van der Waals surface area contributed by atoms with E-state index >= 15 is 0 Å². The molecule has 1 unspecified atom stereocenters. The number of aldehydes is 1. The topological polar surface area (TPSA) is 73.9 Å². The molecule has 0 aliphatic heterocycles. The van der Waals surface area contributed by atoms with Crippen molar-refractivity contribution in [3.05, 3.63) is 0 Å². The van der Waals surface area contributed by atoms with Crippen LogP contribution in [0, 0.1) is 0 Å². The predicted octanol–water partition coefficient (Wildman–Crippen LogP) is 1.48. The van der Waals surface area contributed by atoms with Gasteiger partial charge < -0.3 is 24.3 Å². The Morgan fingerprint density at radius 1 is 1.33 bits per heavy atom. The first-order chi connectivity index (χ1) is 8.28. The molecule has 106 valence electrons. The second-order valence-electron chi connectivity index (χ2n) is 5.01. The average molecular weight is 261 g/mol. The average Bonchev–Trinajstić information content (AvgIpc) is 2.25. The Balaban J connectivity index is 4.50. The van der Waals surface area contributed by atoms with Crippen molar-refractivity contribution < 1.29 is 23.8 Å². The summed E-state index contributed by atoms with van der Waals surface area (Å²) in [4.78, 5) is 22.8. The van der Waals surface area contributed by atoms with Crippen molar-refractivity contribution in [3.63, 3.8) is 0 Å². The Morgan fingerprint density at radius 3 is 2.33 bits per heavy atom. The molecule has 1 amide bonds. The standard InChI is InChI=1S/C12H23NO5/c1-6-12(7-14,8-17-9-16-5)13-10(15)18-11(2,3)4/h7H,6,8-9H2,1-5H3,(H,13,15). The maximum Gasteiger partial charge on any atom is 0.408 e. The second-order valence-corrected chi connectivity index (χ2v) is 5.01. The summed E-state index contributed by atoms with van der Waals surface area (Å²) in [5.74, 6) is 0. The summed E-state index contributed by atoms with van der Waals surface area (Å²) in [5, 5.41) is 2.54. The first kappa shape index (κ1) is 16.9. The van der Waals surface area contributed by atoms with Gasteiger partial charge in [0.25, 0.3) is 0 Å². The van der Waals surface area contributed by atoms with Crippen LogP contribution in [0.5, 0.6) is 0 Å². The number of hydrogen-bond acceptors (Lipinski definition) is 5. The summed E-state index contributed by atoms with van der Waals surface area (Å²) < 4.78 is 15.0. The fourth-order valence-electron chi connectivity index (χ4n) is 1.19. The molecule has 0 rings (SSSR count). The van der Waals surface area contributed by atoms with Gasteiger partial charge in [-0.2, -0.15) is 0 Å². The third-order valence-electron chi connectivity index (χ3n) is 2.17. The van der Waals surface area contributed by atoms with Gasteiger partial charge in [-0.3, -0.25) is 0 Å². The molecule has 6 heteroatoms. The molecule has 0 aromatic carbocycles. The largest absolute Gasteiger partial charge is 0.444 e. The minimum absolute atomic E-state index is 0.0417. The number of methoxy groups -OCH3 is 1. The van der Waals surface area contributed by atoms with Crippen LogP contribution in [-0.4, -0.2) is 44.0 Å². The van der Waals surface area contributed by atoms with Gasteiger partial charge >= 0.3 is 6.09 Å². The van der Waals surface area contributed by atoms with Gasteiger partial charge in [-0.1, -0.05) is 6.92 Å². The third kappa shape index (κ3) is 6.56. The summed E-state index contributed by atoms with van der Waals surface area (Å²) in [6, 6.07) is 0. The summed E-state index contributed by atoms with van der Waals surface area (Å²) in [6.07, 6.45) is 0.420. The molecule has 0 radical (unpaired) electrons. The van der Waals surface area contributed by atoms with E-state index in [1.54, 1.807) is 27.7 Å². The van der Waals surface area contributed by atoms with E-state index in [9.17, 15) is 9.59 Å². The molecule has 1 atom stereocenters. The molecule has 6 nitrogen and oxygen atoms in total. The van der Waals surface area contributed by atoms with E-state index in [-0.39, 0.29) is 13.4 Å². The van der Waals surface area contributed by atoms with Gasteiger partial charge in [0.2, 0.25) is 0 Å². The SMILES string of the molecule is CCC(C=O)(COCOC)NC(=O)OC(C)(C)C. The predicted molar refractivity (Wildman–Crippen MR) is 66.3 cm³/mol. The van der Waals surface area contributed by atoms with E-state index in [0.29, 0.717) is 12.7 Å². The van der Waals surface area contributed by atoms with Crippen LogP contribution in [0.3, 0.4) is 0 Å². The van der Waals surface area contributed by atoms with Gasteiger partial charge in [0.15, 0.2) is 0 Å². The van der Waals surface area contributed by atoms with E-state index in [2.05, 4.69) is 5.32 Å². The molecule has 1 N–H and O–H groups in total. The number of hydrogen-bond donors (Lipinski definition) is 1. The molecule has 0 fully saturated rings. The van der Waals surface area contributed by atoms with Crippen LogP contribution in [0.2, 0.25) is 0 Å². The highest BCUT2D eigenvalue weighted by Crippen LogP contribution is 2.12. The number of amides is 1. The molecule has 0 aliphatic rings. The zero-order valence-corrected chi connectivity index (χ0v) is 11.7. The molecule has 0 spiro atoms. The maximum absolute atomic E-state index is 11.6. The lowest BCUT2D eigenvalue weighted by Crippen LogP contribution is -2.54. The summed E-state index contributed by atoms with van der Waals surface area (Å²) >= 11 is 0. The molecule has 0 aliphatic carbocycles. The van der Waals surface area contributed by atoms with Crippen molar-refractivity contribution in [1.29, 1.82) is 0 Å². The maximum atomic E-state index is 11.6. The fraction of sp³-hybridized carbons (Fsp3) is 0.833. The van der Waals surface area contributed by atoms with Crippen LogP contribution in [-0.2, 0) is 19.0 Å². The van der Waals surface area contributed by atoms with Gasteiger partial charge in [-0.25, -0.2) is 4.79 Å². The lowest BCUT2D eigenvalue weighted by molar-refractivity contribution is -0.119. The highest BCUT2D eigenvalue weighted by atomic mass is 16.7. The van der Waals surface area contributed by atoms with E-state index in [1.807, 2.05) is 0 Å². The zero-order valence-electron chi connectivity index (χ0n) is 11.7. The molecule has 0 heterocycles. The fourth-order valence-corrected chi connectivity index (χ4v) is 1.19. The first-order valence-corrected chi connectivity index (χ1v) is 5.83. The lowest BCUT2D eigenvalue weighted by Gasteiger charge is -2.29. The number of rotatable bonds is 7. The van der Waals surface area contributed by atoms with Crippen molar-refractivity contribution in [2.75, 3.05) is 20.5 Å². The second kappa shape index (κ2) is 7.33. The Kier molecular flexibility index (Phi) is 6.86. The molecule has 0 bridgehead atoms. The minimum atomic E-state index is -1.08. The van der Waals surface area contributed by atoms with Gasteiger partial charge in [0, 0.05) is 7.11 Å². The number of alkyl carbamates (subject to hydrolysis) is 1. The summed E-state index contributed by atoms with van der Waals surface area (Å²) in [7, 11) is 1.48. The van der Waals surface area contributed by atoms with Gasteiger partial charge in [0.05, 0.1) is 6.61 Å². The normalized spacial score (nSPS) is 14.7. The van der Waals surface area contributed by atoms with Crippen molar-refractivity contribution in [1.82, 2.24) is 5.32 Å². The van der Waals surface area contributed by atoms with Crippen LogP contribution in [0.1, 0.15) is 34.1 Å². The highest BCUT2D eigenvalue weighted by molar-refractivity contribution is 5.76. The summed E-state index contributed by atoms with van der Waals surface area (Å²) in [6.45, 7) is 7.14. The van der Waals surface area contributed by atoms with Gasteiger partial charge in [0.1, 0.15) is 24.2 Å². The van der Waals surface area contributed by atoms with Crippen LogP contribution in [0.15, 0.2) is 0 Å². The van der Waals surface area contributed by atoms with Crippen LogP contribution < -0.4 is 5.32 Å². The van der Waals surface area contributed by atoms with E-state index in [4.69, 9.17) is 14.2 Å². The molecule has 0 saturated carbocycles. The molecule has 18 heavy (non-hydrogen) atoms. The van der Waals surface area contributed by atoms with Crippen LogP contribution in [0.4, 0.5) is 4.79 Å². The first-order valence-electron chi connectivity index (χ1n) is 5.83. The van der Waals surface area contributed by atoms with E-state index in [0.717, 1.165) is 0 Å². The number of carbonyl (C=O) groups excluding carboxylic acids is 2. The van der Waals surface area contributed by atoms with Gasteiger partial charge in [-0.05, 0) is 27.2 Å². The Labute approximate surface area is 108 Å². The van der Waals surface area contributed by atoms with Gasteiger partial charge in [-0.15, -0.1) is 0 Å².